The molecule has 0 spiro atoms. The Morgan fingerprint density at radius 2 is 2.00 bits per heavy atom. The number of anilines is 1. The SMILES string of the molecule is CCCCc1ccc(NC(=O)CSCc2nc3sc(C)c(C)c3c(=O)[nH]2)cc1. The van der Waals surface area contributed by atoms with Crippen molar-refractivity contribution in [1.29, 1.82) is 0 Å². The molecule has 0 saturated heterocycles. The minimum absolute atomic E-state index is 0.0578. The molecule has 1 amide bonds. The lowest BCUT2D eigenvalue weighted by molar-refractivity contribution is -0.113. The molecule has 5 nitrogen and oxygen atoms in total. The Morgan fingerprint density at radius 1 is 1.25 bits per heavy atom. The number of nitrogens with one attached hydrogen (secondary N) is 2. The van der Waals surface area contributed by atoms with Gasteiger partial charge in [-0.15, -0.1) is 23.1 Å². The van der Waals surface area contributed by atoms with E-state index in [2.05, 4.69) is 34.3 Å². The zero-order valence-electron chi connectivity index (χ0n) is 16.4. The highest BCUT2D eigenvalue weighted by atomic mass is 32.2. The first kappa shape index (κ1) is 20.6. The van der Waals surface area contributed by atoms with Crippen molar-refractivity contribution < 1.29 is 4.79 Å². The third kappa shape index (κ3) is 5.02. The van der Waals surface area contributed by atoms with E-state index in [0.29, 0.717) is 22.7 Å². The average molecular weight is 416 g/mol. The summed E-state index contributed by atoms with van der Waals surface area (Å²) in [6, 6.07) is 8.02. The summed E-state index contributed by atoms with van der Waals surface area (Å²) in [5.74, 6) is 1.35. The van der Waals surface area contributed by atoms with Gasteiger partial charge < -0.3 is 10.3 Å². The Morgan fingerprint density at radius 3 is 2.71 bits per heavy atom. The summed E-state index contributed by atoms with van der Waals surface area (Å²) in [6.45, 7) is 6.12. The number of carbonyl (C=O) groups excluding carboxylic acids is 1. The topological polar surface area (TPSA) is 74.8 Å². The first-order valence-corrected chi connectivity index (χ1v) is 11.4. The molecule has 0 fully saturated rings. The lowest BCUT2D eigenvalue weighted by Gasteiger charge is -2.06. The number of benzene rings is 1. The van der Waals surface area contributed by atoms with Crippen LogP contribution in [0.3, 0.4) is 0 Å². The van der Waals surface area contributed by atoms with Crippen LogP contribution in [0.25, 0.3) is 10.2 Å². The molecule has 28 heavy (non-hydrogen) atoms. The number of aromatic nitrogens is 2. The van der Waals surface area contributed by atoms with Crippen molar-refractivity contribution in [3.05, 3.63) is 56.4 Å². The fourth-order valence-corrected chi connectivity index (χ4v) is 4.68. The van der Waals surface area contributed by atoms with Crippen LogP contribution in [0.2, 0.25) is 0 Å². The van der Waals surface area contributed by atoms with Gasteiger partial charge in [-0.3, -0.25) is 9.59 Å². The van der Waals surface area contributed by atoms with Crippen molar-refractivity contribution in [2.75, 3.05) is 11.1 Å². The molecule has 3 rings (SSSR count). The number of nitrogens with zero attached hydrogens (tertiary/aromatic N) is 1. The molecule has 148 valence electrons. The summed E-state index contributed by atoms with van der Waals surface area (Å²) < 4.78 is 0. The summed E-state index contributed by atoms with van der Waals surface area (Å²) in [5, 5.41) is 3.59. The molecule has 2 aromatic heterocycles. The second kappa shape index (κ2) is 9.39. The number of unbranched alkanes of at least 4 members (excludes halogenated alkanes) is 1. The normalized spacial score (nSPS) is 11.1. The van der Waals surface area contributed by atoms with Crippen LogP contribution < -0.4 is 10.9 Å². The molecule has 0 radical (unpaired) electrons. The summed E-state index contributed by atoms with van der Waals surface area (Å²) in [7, 11) is 0. The molecule has 2 N–H and O–H groups in total. The number of hydrogen-bond acceptors (Lipinski definition) is 5. The number of carbonyl (C=O) groups is 1. The van der Waals surface area contributed by atoms with E-state index in [0.717, 1.165) is 27.4 Å². The van der Waals surface area contributed by atoms with E-state index in [4.69, 9.17) is 0 Å². The Hall–Kier alpha value is -2.12. The van der Waals surface area contributed by atoms with Gasteiger partial charge in [0.15, 0.2) is 0 Å². The van der Waals surface area contributed by atoms with Crippen molar-refractivity contribution >= 4 is 44.9 Å². The van der Waals surface area contributed by atoms with Crippen LogP contribution in [0.4, 0.5) is 5.69 Å². The molecule has 0 unspecified atom stereocenters. The van der Waals surface area contributed by atoms with Crippen molar-refractivity contribution in [2.24, 2.45) is 0 Å². The van der Waals surface area contributed by atoms with Crippen LogP contribution in [-0.4, -0.2) is 21.6 Å². The number of amides is 1. The zero-order valence-corrected chi connectivity index (χ0v) is 18.1. The van der Waals surface area contributed by atoms with Gasteiger partial charge in [0, 0.05) is 10.6 Å². The fourth-order valence-electron chi connectivity index (χ4n) is 2.94. The maximum absolute atomic E-state index is 12.3. The molecular weight excluding hydrogens is 390 g/mol. The average Bonchev–Trinajstić information content (AvgIpc) is 2.95. The van der Waals surface area contributed by atoms with Crippen molar-refractivity contribution in [3.63, 3.8) is 0 Å². The maximum atomic E-state index is 12.3. The number of thiophene rings is 1. The van der Waals surface area contributed by atoms with Crippen LogP contribution in [0, 0.1) is 13.8 Å². The third-order valence-electron chi connectivity index (χ3n) is 4.62. The Kier molecular flexibility index (Phi) is 6.91. The molecule has 3 aromatic rings. The number of rotatable bonds is 8. The van der Waals surface area contributed by atoms with Crippen LogP contribution in [-0.2, 0) is 17.0 Å². The molecule has 0 aliphatic carbocycles. The van der Waals surface area contributed by atoms with E-state index < -0.39 is 0 Å². The Labute approximate surface area is 173 Å². The second-order valence-electron chi connectivity index (χ2n) is 6.82. The second-order valence-corrected chi connectivity index (χ2v) is 9.01. The fraction of sp³-hybridized carbons (Fsp3) is 0.381. The van der Waals surface area contributed by atoms with Crippen molar-refractivity contribution in [1.82, 2.24) is 9.97 Å². The van der Waals surface area contributed by atoms with Crippen LogP contribution in [0.15, 0.2) is 29.1 Å². The highest BCUT2D eigenvalue weighted by Crippen LogP contribution is 2.26. The molecule has 0 atom stereocenters. The number of H-pyrrole nitrogens is 1. The van der Waals surface area contributed by atoms with Gasteiger partial charge in [-0.25, -0.2) is 4.98 Å². The Bertz CT molecular complexity index is 1020. The monoisotopic (exact) mass is 415 g/mol. The highest BCUT2D eigenvalue weighted by molar-refractivity contribution is 7.99. The highest BCUT2D eigenvalue weighted by Gasteiger charge is 2.12. The van der Waals surface area contributed by atoms with Crippen LogP contribution in [0.1, 0.15) is 41.6 Å². The summed E-state index contributed by atoms with van der Waals surface area (Å²) >= 11 is 2.97. The quantitative estimate of drug-likeness (QED) is 0.553. The standard InChI is InChI=1S/C21H25N3O2S2/c1-4-5-6-15-7-9-16(10-8-15)22-18(25)12-27-11-17-23-20(26)19-13(2)14(3)28-21(19)24-17/h7-10H,4-6,11-12H2,1-3H3,(H,22,25)(H,23,24,26). The van der Waals surface area contributed by atoms with E-state index in [1.807, 2.05) is 26.0 Å². The lowest BCUT2D eigenvalue weighted by atomic mass is 10.1. The molecule has 0 aliphatic heterocycles. The van der Waals surface area contributed by atoms with Gasteiger partial charge in [-0.2, -0.15) is 0 Å². The van der Waals surface area contributed by atoms with Crippen molar-refractivity contribution in [2.45, 2.75) is 45.8 Å². The number of hydrogen-bond donors (Lipinski definition) is 2. The van der Waals surface area contributed by atoms with E-state index in [1.54, 1.807) is 0 Å². The largest absolute Gasteiger partial charge is 0.325 e. The summed E-state index contributed by atoms with van der Waals surface area (Å²) in [5.41, 5.74) is 2.99. The molecule has 2 heterocycles. The predicted octanol–water partition coefficient (Wildman–Crippen LogP) is 4.82. The molecule has 0 aliphatic rings. The predicted molar refractivity (Wildman–Crippen MR) is 120 cm³/mol. The maximum Gasteiger partial charge on any atom is 0.259 e. The van der Waals surface area contributed by atoms with Gasteiger partial charge >= 0.3 is 0 Å². The van der Waals surface area contributed by atoms with Crippen LogP contribution in [0.5, 0.6) is 0 Å². The molecule has 0 saturated carbocycles. The smallest absolute Gasteiger partial charge is 0.259 e. The summed E-state index contributed by atoms with van der Waals surface area (Å²) in [6.07, 6.45) is 3.42. The molecule has 7 heteroatoms. The van der Waals surface area contributed by atoms with Gasteiger partial charge in [-0.1, -0.05) is 25.5 Å². The lowest BCUT2D eigenvalue weighted by Crippen LogP contribution is -2.15. The minimum atomic E-state index is -0.102. The van der Waals surface area contributed by atoms with E-state index in [-0.39, 0.29) is 11.5 Å². The summed E-state index contributed by atoms with van der Waals surface area (Å²) in [4.78, 5) is 33.7. The molecule has 1 aromatic carbocycles. The number of aromatic amines is 1. The van der Waals surface area contributed by atoms with Gasteiger partial charge in [0.1, 0.15) is 10.7 Å². The minimum Gasteiger partial charge on any atom is -0.325 e. The Balaban J connectivity index is 1.52. The number of aryl methyl sites for hydroxylation is 3. The number of fused-ring (bicyclic) bond motifs is 1. The first-order chi connectivity index (χ1) is 13.5. The van der Waals surface area contributed by atoms with Crippen LogP contribution >= 0.6 is 23.1 Å². The molecule has 0 bridgehead atoms. The number of thioether (sulfide) groups is 1. The van der Waals surface area contributed by atoms with E-state index in [1.165, 1.54) is 41.5 Å². The van der Waals surface area contributed by atoms with E-state index >= 15 is 0 Å². The first-order valence-electron chi connectivity index (χ1n) is 9.43. The molecular formula is C21H25N3O2S2. The van der Waals surface area contributed by atoms with Gasteiger partial charge in [0.05, 0.1) is 16.9 Å². The van der Waals surface area contributed by atoms with Crippen molar-refractivity contribution in [3.8, 4) is 0 Å². The third-order valence-corrected chi connectivity index (χ3v) is 6.66. The zero-order chi connectivity index (χ0) is 20.1. The van der Waals surface area contributed by atoms with Gasteiger partial charge in [0.2, 0.25) is 5.91 Å². The van der Waals surface area contributed by atoms with Gasteiger partial charge in [0.25, 0.3) is 5.56 Å². The van der Waals surface area contributed by atoms with E-state index in [9.17, 15) is 9.59 Å². The van der Waals surface area contributed by atoms with Gasteiger partial charge in [-0.05, 0) is 49.9 Å².